The fourth-order valence-electron chi connectivity index (χ4n) is 0.465. The first kappa shape index (κ1) is 8.02. The van der Waals surface area contributed by atoms with Crippen molar-refractivity contribution in [2.75, 3.05) is 0 Å². The van der Waals surface area contributed by atoms with E-state index >= 15 is 0 Å². The van der Waals surface area contributed by atoms with Gasteiger partial charge in [0.25, 0.3) is 0 Å². The van der Waals surface area contributed by atoms with Crippen LogP contribution in [-0.4, -0.2) is 5.11 Å². The van der Waals surface area contributed by atoms with E-state index in [-0.39, 0.29) is 5.76 Å². The Morgan fingerprint density at radius 2 is 2.00 bits per heavy atom. The molecule has 0 saturated carbocycles. The highest BCUT2D eigenvalue weighted by Gasteiger charge is 1.81. The molecule has 0 rings (SSSR count). The van der Waals surface area contributed by atoms with Crippen LogP contribution in [0.4, 0.5) is 0 Å². The molecule has 0 atom stereocenters. The summed E-state index contributed by atoms with van der Waals surface area (Å²) in [5, 5.41) is 8.93. The molecule has 0 unspecified atom stereocenters. The van der Waals surface area contributed by atoms with Gasteiger partial charge in [0.2, 0.25) is 0 Å². The van der Waals surface area contributed by atoms with E-state index in [1.54, 1.807) is 18.2 Å². The molecule has 1 nitrogen and oxygen atoms in total. The van der Waals surface area contributed by atoms with E-state index in [0.29, 0.717) is 0 Å². The van der Waals surface area contributed by atoms with Crippen molar-refractivity contribution in [2.24, 2.45) is 0 Å². The Kier molecular flexibility index (Phi) is 3.52. The van der Waals surface area contributed by atoms with Gasteiger partial charge in [-0.3, -0.25) is 0 Å². The molecule has 0 saturated heterocycles. The minimum atomic E-state index is 0.255. The third kappa shape index (κ3) is 4.88. The summed E-state index contributed by atoms with van der Waals surface area (Å²) in [6, 6.07) is 0. The molecular weight excluding hydrogens is 112 g/mol. The standard InChI is InChI=1S/C8H12O/c1-4-5-8(9)6-7(2)3/h4-6,9H,1H2,2-3H3/b8-5-. The van der Waals surface area contributed by atoms with Gasteiger partial charge < -0.3 is 5.11 Å². The summed E-state index contributed by atoms with van der Waals surface area (Å²) in [6.07, 6.45) is 4.78. The average molecular weight is 124 g/mol. The monoisotopic (exact) mass is 124 g/mol. The van der Waals surface area contributed by atoms with Crippen molar-refractivity contribution in [3.05, 3.63) is 36.1 Å². The van der Waals surface area contributed by atoms with E-state index in [2.05, 4.69) is 6.58 Å². The highest BCUT2D eigenvalue weighted by atomic mass is 16.3. The fourth-order valence-corrected chi connectivity index (χ4v) is 0.465. The highest BCUT2D eigenvalue weighted by Crippen LogP contribution is 1.96. The molecule has 0 radical (unpaired) electrons. The quantitative estimate of drug-likeness (QED) is 0.443. The number of rotatable bonds is 2. The number of hydrogen-bond acceptors (Lipinski definition) is 1. The molecule has 1 heteroatoms. The lowest BCUT2D eigenvalue weighted by Gasteiger charge is -1.88. The maximum atomic E-state index is 8.93. The van der Waals surface area contributed by atoms with Crippen LogP contribution in [0.15, 0.2) is 36.1 Å². The second kappa shape index (κ2) is 3.96. The predicted octanol–water partition coefficient (Wildman–Crippen LogP) is 2.58. The van der Waals surface area contributed by atoms with Gasteiger partial charge in [-0.25, -0.2) is 0 Å². The van der Waals surface area contributed by atoms with Gasteiger partial charge in [-0.15, -0.1) is 0 Å². The Morgan fingerprint density at radius 1 is 1.44 bits per heavy atom. The smallest absolute Gasteiger partial charge is 0.115 e. The van der Waals surface area contributed by atoms with Crippen molar-refractivity contribution in [3.63, 3.8) is 0 Å². The molecule has 0 heterocycles. The zero-order valence-electron chi connectivity index (χ0n) is 5.89. The molecule has 0 aliphatic heterocycles. The van der Waals surface area contributed by atoms with Gasteiger partial charge in [0, 0.05) is 0 Å². The molecule has 0 bridgehead atoms. The van der Waals surface area contributed by atoms with Crippen LogP contribution < -0.4 is 0 Å². The number of aliphatic hydroxyl groups excluding tert-OH is 1. The van der Waals surface area contributed by atoms with E-state index in [9.17, 15) is 0 Å². The van der Waals surface area contributed by atoms with Crippen LogP contribution in [0.5, 0.6) is 0 Å². The van der Waals surface area contributed by atoms with Crippen LogP contribution in [0.1, 0.15) is 13.8 Å². The lowest BCUT2D eigenvalue weighted by atomic mass is 10.3. The van der Waals surface area contributed by atoms with Crippen molar-refractivity contribution in [3.8, 4) is 0 Å². The summed E-state index contributed by atoms with van der Waals surface area (Å²) in [7, 11) is 0. The van der Waals surface area contributed by atoms with Crippen LogP contribution in [0.3, 0.4) is 0 Å². The second-order valence-corrected chi connectivity index (χ2v) is 2.05. The molecule has 0 aliphatic rings. The zero-order chi connectivity index (χ0) is 7.28. The normalized spacial score (nSPS) is 10.7. The summed E-state index contributed by atoms with van der Waals surface area (Å²) in [5.74, 6) is 0.255. The van der Waals surface area contributed by atoms with Crippen molar-refractivity contribution in [1.82, 2.24) is 0 Å². The fraction of sp³-hybridized carbons (Fsp3) is 0.250. The molecule has 0 aromatic heterocycles. The lowest BCUT2D eigenvalue weighted by molar-refractivity contribution is 0.432. The van der Waals surface area contributed by atoms with Gasteiger partial charge in [-0.2, -0.15) is 0 Å². The maximum absolute atomic E-state index is 8.93. The Balaban J connectivity index is 4.05. The Morgan fingerprint density at radius 3 is 2.33 bits per heavy atom. The van der Waals surface area contributed by atoms with E-state index in [0.717, 1.165) is 5.57 Å². The Bertz CT molecular complexity index is 148. The molecular formula is C8H12O. The van der Waals surface area contributed by atoms with Gasteiger partial charge in [-0.1, -0.05) is 18.2 Å². The van der Waals surface area contributed by atoms with Gasteiger partial charge in [0.1, 0.15) is 5.76 Å². The zero-order valence-corrected chi connectivity index (χ0v) is 5.89. The van der Waals surface area contributed by atoms with Crippen molar-refractivity contribution >= 4 is 0 Å². The summed E-state index contributed by atoms with van der Waals surface area (Å²) in [5.41, 5.74) is 1.07. The summed E-state index contributed by atoms with van der Waals surface area (Å²) >= 11 is 0. The van der Waals surface area contributed by atoms with Crippen LogP contribution in [-0.2, 0) is 0 Å². The van der Waals surface area contributed by atoms with E-state index in [4.69, 9.17) is 5.11 Å². The average Bonchev–Trinajstić information content (AvgIpc) is 1.63. The van der Waals surface area contributed by atoms with E-state index < -0.39 is 0 Å². The third-order valence-electron chi connectivity index (χ3n) is 0.725. The van der Waals surface area contributed by atoms with E-state index in [1.165, 1.54) is 0 Å². The topological polar surface area (TPSA) is 20.2 Å². The highest BCUT2D eigenvalue weighted by molar-refractivity contribution is 5.18. The molecule has 0 spiro atoms. The summed E-state index contributed by atoms with van der Waals surface area (Å²) in [4.78, 5) is 0. The number of allylic oxidation sites excluding steroid dienone is 4. The van der Waals surface area contributed by atoms with Crippen molar-refractivity contribution in [2.45, 2.75) is 13.8 Å². The Hall–Kier alpha value is -0.980. The molecule has 0 fully saturated rings. The molecule has 1 N–H and O–H groups in total. The van der Waals surface area contributed by atoms with Gasteiger partial charge in [-0.05, 0) is 26.0 Å². The van der Waals surface area contributed by atoms with Crippen LogP contribution in [0, 0.1) is 0 Å². The first-order chi connectivity index (χ1) is 4.16. The van der Waals surface area contributed by atoms with Crippen LogP contribution >= 0.6 is 0 Å². The number of aliphatic hydroxyl groups is 1. The number of hydrogen-bond donors (Lipinski definition) is 1. The molecule has 0 aliphatic carbocycles. The lowest BCUT2D eigenvalue weighted by Crippen LogP contribution is -1.73. The molecule has 0 aromatic rings. The van der Waals surface area contributed by atoms with E-state index in [1.807, 2.05) is 13.8 Å². The second-order valence-electron chi connectivity index (χ2n) is 2.05. The Labute approximate surface area is 56.0 Å². The first-order valence-electron chi connectivity index (χ1n) is 2.83. The minimum Gasteiger partial charge on any atom is -0.508 e. The minimum absolute atomic E-state index is 0.255. The third-order valence-corrected chi connectivity index (χ3v) is 0.725. The van der Waals surface area contributed by atoms with Crippen LogP contribution in [0.2, 0.25) is 0 Å². The van der Waals surface area contributed by atoms with Crippen LogP contribution in [0.25, 0.3) is 0 Å². The molecule has 9 heavy (non-hydrogen) atoms. The molecule has 0 aromatic carbocycles. The molecule has 0 amide bonds. The van der Waals surface area contributed by atoms with Crippen molar-refractivity contribution < 1.29 is 5.11 Å². The summed E-state index contributed by atoms with van der Waals surface area (Å²) in [6.45, 7) is 7.29. The predicted molar refractivity (Wildman–Crippen MR) is 40.3 cm³/mol. The SMILES string of the molecule is C=C/C=C(\O)C=C(C)C. The van der Waals surface area contributed by atoms with Gasteiger partial charge in [0.05, 0.1) is 0 Å². The largest absolute Gasteiger partial charge is 0.508 e. The molecule has 50 valence electrons. The van der Waals surface area contributed by atoms with Gasteiger partial charge >= 0.3 is 0 Å². The first-order valence-corrected chi connectivity index (χ1v) is 2.83. The summed E-state index contributed by atoms with van der Waals surface area (Å²) < 4.78 is 0. The van der Waals surface area contributed by atoms with Gasteiger partial charge in [0.15, 0.2) is 0 Å². The maximum Gasteiger partial charge on any atom is 0.115 e. The van der Waals surface area contributed by atoms with Crippen molar-refractivity contribution in [1.29, 1.82) is 0 Å².